The first kappa shape index (κ1) is 13.1. The highest BCUT2D eigenvalue weighted by Crippen LogP contribution is 2.17. The number of hydrogen-bond acceptors (Lipinski definition) is 2. The zero-order chi connectivity index (χ0) is 13.7. The van der Waals surface area contributed by atoms with Crippen molar-refractivity contribution in [2.75, 3.05) is 5.32 Å². The Labute approximate surface area is 111 Å². The summed E-state index contributed by atoms with van der Waals surface area (Å²) in [5.74, 6) is -0.741. The Balaban J connectivity index is 1.98. The van der Waals surface area contributed by atoms with Gasteiger partial charge in [0.05, 0.1) is 0 Å². The van der Waals surface area contributed by atoms with E-state index < -0.39 is 11.9 Å². The molecular formula is C15H14FNO2. The van der Waals surface area contributed by atoms with Crippen LogP contribution in [0.5, 0.6) is 5.75 Å². The molecule has 2 aromatic rings. The third-order valence-electron chi connectivity index (χ3n) is 2.55. The molecule has 0 aliphatic heterocycles. The zero-order valence-electron chi connectivity index (χ0n) is 10.5. The van der Waals surface area contributed by atoms with Crippen molar-refractivity contribution in [1.82, 2.24) is 0 Å². The third kappa shape index (κ3) is 3.55. The Morgan fingerprint density at radius 1 is 1.11 bits per heavy atom. The minimum atomic E-state index is -0.780. The lowest BCUT2D eigenvalue weighted by Gasteiger charge is -2.15. The second-order valence-corrected chi connectivity index (χ2v) is 4.05. The average molecular weight is 259 g/mol. The predicted molar refractivity (Wildman–Crippen MR) is 71.6 cm³/mol. The molecular weight excluding hydrogens is 245 g/mol. The lowest BCUT2D eigenvalue weighted by Crippen LogP contribution is -2.30. The molecule has 0 heterocycles. The maximum atomic E-state index is 13.4. The number of nitrogens with one attached hydrogen (secondary N) is 1. The summed E-state index contributed by atoms with van der Waals surface area (Å²) in [7, 11) is 0. The number of carbonyl (C=O) groups excluding carboxylic acids is 1. The Bertz CT molecular complexity index is 557. The summed E-state index contributed by atoms with van der Waals surface area (Å²) in [6.07, 6.45) is -0.780. The van der Waals surface area contributed by atoms with Crippen LogP contribution in [0.3, 0.4) is 0 Å². The first-order chi connectivity index (χ1) is 9.16. The molecule has 0 aliphatic carbocycles. The highest BCUT2D eigenvalue weighted by atomic mass is 19.1. The molecule has 0 saturated carbocycles. The van der Waals surface area contributed by atoms with E-state index in [1.54, 1.807) is 31.2 Å². The lowest BCUT2D eigenvalue weighted by atomic mass is 10.3. The molecule has 0 unspecified atom stereocenters. The number of ether oxygens (including phenoxy) is 1. The molecule has 2 aromatic carbocycles. The normalized spacial score (nSPS) is 11.7. The number of para-hydroxylation sites is 2. The Morgan fingerprint density at radius 2 is 1.74 bits per heavy atom. The molecule has 0 saturated heterocycles. The zero-order valence-corrected chi connectivity index (χ0v) is 10.5. The molecule has 3 nitrogen and oxygen atoms in total. The highest BCUT2D eigenvalue weighted by Gasteiger charge is 2.16. The van der Waals surface area contributed by atoms with Gasteiger partial charge in [0.1, 0.15) is 0 Å². The van der Waals surface area contributed by atoms with Crippen molar-refractivity contribution in [3.8, 4) is 5.75 Å². The molecule has 0 spiro atoms. The first-order valence-corrected chi connectivity index (χ1v) is 5.94. The van der Waals surface area contributed by atoms with Crippen LogP contribution in [0.15, 0.2) is 54.6 Å². The number of hydrogen-bond donors (Lipinski definition) is 1. The van der Waals surface area contributed by atoms with Crippen molar-refractivity contribution >= 4 is 11.6 Å². The van der Waals surface area contributed by atoms with Gasteiger partial charge in [0, 0.05) is 5.69 Å². The van der Waals surface area contributed by atoms with Gasteiger partial charge in [0.25, 0.3) is 5.91 Å². The van der Waals surface area contributed by atoms with Gasteiger partial charge in [-0.3, -0.25) is 4.79 Å². The molecule has 98 valence electrons. The topological polar surface area (TPSA) is 38.3 Å². The summed E-state index contributed by atoms with van der Waals surface area (Å²) in [6, 6.07) is 15.0. The Hall–Kier alpha value is -2.36. The highest BCUT2D eigenvalue weighted by molar-refractivity contribution is 5.94. The van der Waals surface area contributed by atoms with E-state index in [1.807, 2.05) is 18.2 Å². The van der Waals surface area contributed by atoms with Gasteiger partial charge in [0.15, 0.2) is 17.7 Å². The van der Waals surface area contributed by atoms with Gasteiger partial charge in [-0.25, -0.2) is 4.39 Å². The molecule has 0 aliphatic rings. The summed E-state index contributed by atoms with van der Waals surface area (Å²) >= 11 is 0. The van der Waals surface area contributed by atoms with Gasteiger partial charge < -0.3 is 10.1 Å². The molecule has 1 atom stereocenters. The fraction of sp³-hybridized carbons (Fsp3) is 0.133. The number of halogens is 1. The molecule has 1 amide bonds. The maximum absolute atomic E-state index is 13.4. The largest absolute Gasteiger partial charge is 0.478 e. The van der Waals surface area contributed by atoms with Gasteiger partial charge in [-0.1, -0.05) is 30.3 Å². The molecule has 19 heavy (non-hydrogen) atoms. The van der Waals surface area contributed by atoms with E-state index in [1.165, 1.54) is 12.1 Å². The van der Waals surface area contributed by atoms with E-state index in [-0.39, 0.29) is 11.7 Å². The van der Waals surface area contributed by atoms with Crippen LogP contribution in [-0.2, 0) is 4.79 Å². The standard InChI is InChI=1S/C15H14FNO2/c1-11(19-14-10-6-5-9-13(14)16)15(18)17-12-7-3-2-4-8-12/h2-11H,1H3,(H,17,18)/t11-/m1/s1. The Kier molecular flexibility index (Phi) is 4.13. The number of carbonyl (C=O) groups is 1. The number of anilines is 1. The van der Waals surface area contributed by atoms with Crippen molar-refractivity contribution in [1.29, 1.82) is 0 Å². The summed E-state index contributed by atoms with van der Waals surface area (Å²) in [5.41, 5.74) is 0.677. The summed E-state index contributed by atoms with van der Waals surface area (Å²) in [6.45, 7) is 1.57. The van der Waals surface area contributed by atoms with Gasteiger partial charge in [-0.05, 0) is 31.2 Å². The number of rotatable bonds is 4. The van der Waals surface area contributed by atoms with Gasteiger partial charge in [-0.2, -0.15) is 0 Å². The first-order valence-electron chi connectivity index (χ1n) is 5.94. The Morgan fingerprint density at radius 3 is 2.42 bits per heavy atom. The van der Waals surface area contributed by atoms with Crippen LogP contribution in [-0.4, -0.2) is 12.0 Å². The van der Waals surface area contributed by atoms with Crippen LogP contribution >= 0.6 is 0 Å². The van der Waals surface area contributed by atoms with Crippen molar-refractivity contribution in [2.24, 2.45) is 0 Å². The van der Waals surface area contributed by atoms with Crippen LogP contribution in [0.2, 0.25) is 0 Å². The number of benzene rings is 2. The smallest absolute Gasteiger partial charge is 0.265 e. The van der Waals surface area contributed by atoms with E-state index in [2.05, 4.69) is 5.32 Å². The van der Waals surface area contributed by atoms with Crippen LogP contribution in [0.1, 0.15) is 6.92 Å². The van der Waals surface area contributed by atoms with Crippen molar-refractivity contribution in [3.05, 3.63) is 60.4 Å². The number of amides is 1. The van der Waals surface area contributed by atoms with E-state index in [0.717, 1.165) is 0 Å². The molecule has 4 heteroatoms. The van der Waals surface area contributed by atoms with E-state index in [9.17, 15) is 9.18 Å². The fourth-order valence-electron chi connectivity index (χ4n) is 1.55. The molecule has 0 fully saturated rings. The summed E-state index contributed by atoms with van der Waals surface area (Å²) in [4.78, 5) is 11.9. The second kappa shape index (κ2) is 6.00. The summed E-state index contributed by atoms with van der Waals surface area (Å²) < 4.78 is 18.7. The van der Waals surface area contributed by atoms with Crippen molar-refractivity contribution in [3.63, 3.8) is 0 Å². The molecule has 2 rings (SSSR count). The third-order valence-corrected chi connectivity index (χ3v) is 2.55. The molecule has 0 aromatic heterocycles. The predicted octanol–water partition coefficient (Wildman–Crippen LogP) is 3.23. The van der Waals surface area contributed by atoms with Crippen molar-refractivity contribution < 1.29 is 13.9 Å². The van der Waals surface area contributed by atoms with Gasteiger partial charge >= 0.3 is 0 Å². The van der Waals surface area contributed by atoms with Crippen molar-refractivity contribution in [2.45, 2.75) is 13.0 Å². The minimum absolute atomic E-state index is 0.0678. The second-order valence-electron chi connectivity index (χ2n) is 4.05. The van der Waals surface area contributed by atoms with Crippen LogP contribution in [0.25, 0.3) is 0 Å². The monoisotopic (exact) mass is 259 g/mol. The molecule has 0 radical (unpaired) electrons. The lowest BCUT2D eigenvalue weighted by molar-refractivity contribution is -0.122. The van der Waals surface area contributed by atoms with Crippen LogP contribution in [0.4, 0.5) is 10.1 Å². The SMILES string of the molecule is C[C@@H](Oc1ccccc1F)C(=O)Nc1ccccc1. The molecule has 1 N–H and O–H groups in total. The van der Waals surface area contributed by atoms with Gasteiger partial charge in [0.2, 0.25) is 0 Å². The van der Waals surface area contributed by atoms with E-state index in [4.69, 9.17) is 4.74 Å². The minimum Gasteiger partial charge on any atom is -0.478 e. The fourth-order valence-corrected chi connectivity index (χ4v) is 1.55. The quantitative estimate of drug-likeness (QED) is 0.915. The van der Waals surface area contributed by atoms with Gasteiger partial charge in [-0.15, -0.1) is 0 Å². The molecule has 0 bridgehead atoms. The summed E-state index contributed by atoms with van der Waals surface area (Å²) in [5, 5.41) is 2.70. The van der Waals surface area contributed by atoms with E-state index in [0.29, 0.717) is 5.69 Å². The average Bonchev–Trinajstić information content (AvgIpc) is 2.42. The van der Waals surface area contributed by atoms with E-state index >= 15 is 0 Å². The maximum Gasteiger partial charge on any atom is 0.265 e. The van der Waals surface area contributed by atoms with Crippen LogP contribution < -0.4 is 10.1 Å². The van der Waals surface area contributed by atoms with Crippen LogP contribution in [0, 0.1) is 5.82 Å².